The van der Waals surface area contributed by atoms with Crippen LogP contribution in [-0.2, 0) is 14.1 Å². The molecule has 0 spiro atoms. The summed E-state index contributed by atoms with van der Waals surface area (Å²) in [6.07, 6.45) is 5.73. The minimum absolute atomic E-state index is 0.123. The average molecular weight is 293 g/mol. The van der Waals surface area contributed by atoms with E-state index in [4.69, 9.17) is 5.11 Å². The van der Waals surface area contributed by atoms with Crippen molar-refractivity contribution in [2.75, 3.05) is 0 Å². The molecule has 0 bridgehead atoms. The number of hydrogen-bond donors (Lipinski definition) is 1. The second kappa shape index (κ2) is 5.25. The number of nitrogens with zero attached hydrogens (tertiary/aromatic N) is 3. The molecule has 0 atom stereocenters. The lowest BCUT2D eigenvalue weighted by Gasteiger charge is -2.02. The van der Waals surface area contributed by atoms with E-state index in [9.17, 15) is 14.4 Å². The van der Waals surface area contributed by atoms with E-state index < -0.39 is 17.2 Å². The van der Waals surface area contributed by atoms with Gasteiger partial charge in [-0.2, -0.15) is 0 Å². The largest absolute Gasteiger partial charge is 0.477 e. The van der Waals surface area contributed by atoms with Crippen LogP contribution in [-0.4, -0.2) is 25.2 Å². The van der Waals surface area contributed by atoms with Crippen LogP contribution >= 0.6 is 11.3 Å². The Hall–Kier alpha value is -2.48. The van der Waals surface area contributed by atoms with Gasteiger partial charge in [0.25, 0.3) is 5.56 Å². The van der Waals surface area contributed by atoms with Gasteiger partial charge >= 0.3 is 11.7 Å². The fraction of sp³-hybridized carbons (Fsp3) is 0.167. The van der Waals surface area contributed by atoms with Crippen molar-refractivity contribution in [1.82, 2.24) is 14.1 Å². The maximum absolute atomic E-state index is 11.9. The van der Waals surface area contributed by atoms with Gasteiger partial charge in [0.15, 0.2) is 0 Å². The predicted molar refractivity (Wildman–Crippen MR) is 74.9 cm³/mol. The number of carboxylic acid groups (broad SMARTS) is 1. The average Bonchev–Trinajstić information content (AvgIpc) is 2.88. The van der Waals surface area contributed by atoms with E-state index in [-0.39, 0.29) is 4.88 Å². The fourth-order valence-corrected chi connectivity index (χ4v) is 2.23. The van der Waals surface area contributed by atoms with Gasteiger partial charge < -0.3 is 9.67 Å². The Morgan fingerprint density at radius 2 is 2.05 bits per heavy atom. The Labute approximate surface area is 117 Å². The second-order valence-electron chi connectivity index (χ2n) is 4.04. The van der Waals surface area contributed by atoms with Crippen LogP contribution in [0.4, 0.5) is 0 Å². The molecule has 1 N–H and O–H groups in total. The van der Waals surface area contributed by atoms with Gasteiger partial charge in [-0.25, -0.2) is 14.6 Å². The highest BCUT2D eigenvalue weighted by Gasteiger charge is 2.07. The zero-order chi connectivity index (χ0) is 14.9. The molecule has 2 aromatic rings. The van der Waals surface area contributed by atoms with Gasteiger partial charge in [-0.05, 0) is 12.2 Å². The molecule has 0 saturated carbocycles. The van der Waals surface area contributed by atoms with Gasteiger partial charge in [0.05, 0.1) is 11.8 Å². The van der Waals surface area contributed by atoms with Crippen LogP contribution in [0.1, 0.15) is 20.2 Å². The lowest BCUT2D eigenvalue weighted by atomic mass is 10.3. The van der Waals surface area contributed by atoms with E-state index in [2.05, 4.69) is 4.98 Å². The molecule has 8 heteroatoms. The molecule has 0 aromatic carbocycles. The first kappa shape index (κ1) is 13.9. The zero-order valence-corrected chi connectivity index (χ0v) is 11.5. The first-order valence-corrected chi connectivity index (χ1v) is 6.35. The first-order valence-electron chi connectivity index (χ1n) is 5.54. The summed E-state index contributed by atoms with van der Waals surface area (Å²) in [7, 11) is 2.94. The molecule has 2 aromatic heterocycles. The molecule has 0 fully saturated rings. The molecule has 7 nitrogen and oxygen atoms in total. The summed E-state index contributed by atoms with van der Waals surface area (Å²) in [5.41, 5.74) is -0.504. The molecular formula is C12H11N3O4S. The van der Waals surface area contributed by atoms with Crippen LogP contribution in [0.15, 0.2) is 22.0 Å². The van der Waals surface area contributed by atoms with E-state index in [1.54, 1.807) is 7.05 Å². The normalized spacial score (nSPS) is 11.1. The number of carbonyl (C=O) groups is 1. The fourth-order valence-electron chi connectivity index (χ4n) is 1.58. The lowest BCUT2D eigenvalue weighted by Crippen LogP contribution is -2.37. The molecule has 0 aliphatic rings. The van der Waals surface area contributed by atoms with Crippen molar-refractivity contribution >= 4 is 29.5 Å². The number of aromatic carboxylic acids is 1. The molecule has 0 amide bonds. The predicted octanol–water partition coefficient (Wildman–Crippen LogP) is 0.409. The van der Waals surface area contributed by atoms with Crippen LogP contribution < -0.4 is 11.2 Å². The molecule has 0 saturated heterocycles. The third kappa shape index (κ3) is 2.59. The highest BCUT2D eigenvalue weighted by atomic mass is 32.1. The van der Waals surface area contributed by atoms with Crippen LogP contribution in [0.2, 0.25) is 0 Å². The molecule has 0 aliphatic carbocycles. The zero-order valence-electron chi connectivity index (χ0n) is 10.7. The maximum Gasteiger partial charge on any atom is 0.347 e. The first-order chi connectivity index (χ1) is 9.40. The summed E-state index contributed by atoms with van der Waals surface area (Å²) in [5.74, 6) is -1.04. The monoisotopic (exact) mass is 293 g/mol. The quantitative estimate of drug-likeness (QED) is 0.884. The Morgan fingerprint density at radius 1 is 1.35 bits per heavy atom. The standard InChI is InChI=1S/C12H11N3O4S/c1-14-6-7(10(16)15(2)12(14)19)3-4-9-13-5-8(20-9)11(17)18/h3-6H,1-2H3,(H,17,18). The van der Waals surface area contributed by atoms with Crippen LogP contribution in [0.25, 0.3) is 12.2 Å². The van der Waals surface area contributed by atoms with Gasteiger partial charge in [0, 0.05) is 20.3 Å². The SMILES string of the molecule is Cn1cc(C=Cc2ncc(C(=O)O)s2)c(=O)n(C)c1=O. The van der Waals surface area contributed by atoms with Gasteiger partial charge in [-0.15, -0.1) is 11.3 Å². The number of hydrogen-bond acceptors (Lipinski definition) is 5. The van der Waals surface area contributed by atoms with Crippen LogP contribution in [0.5, 0.6) is 0 Å². The topological polar surface area (TPSA) is 94.2 Å². The molecule has 0 aliphatic heterocycles. The summed E-state index contributed by atoms with van der Waals surface area (Å²) >= 11 is 1.00. The third-order valence-corrected chi connectivity index (χ3v) is 3.56. The molecule has 104 valence electrons. The molecule has 2 heterocycles. The Kier molecular flexibility index (Phi) is 3.66. The van der Waals surface area contributed by atoms with Gasteiger partial charge in [-0.3, -0.25) is 9.36 Å². The number of rotatable bonds is 3. The van der Waals surface area contributed by atoms with E-state index in [1.165, 1.54) is 36.2 Å². The summed E-state index contributed by atoms with van der Waals surface area (Å²) < 4.78 is 2.30. The second-order valence-corrected chi connectivity index (χ2v) is 5.11. The van der Waals surface area contributed by atoms with E-state index in [0.29, 0.717) is 10.6 Å². The molecular weight excluding hydrogens is 282 g/mol. The van der Waals surface area contributed by atoms with Crippen molar-refractivity contribution in [2.24, 2.45) is 14.1 Å². The summed E-state index contributed by atoms with van der Waals surface area (Å²) in [4.78, 5) is 38.1. The minimum Gasteiger partial charge on any atom is -0.477 e. The molecule has 20 heavy (non-hydrogen) atoms. The van der Waals surface area contributed by atoms with E-state index >= 15 is 0 Å². The van der Waals surface area contributed by atoms with Crippen molar-refractivity contribution in [3.05, 3.63) is 48.7 Å². The van der Waals surface area contributed by atoms with Crippen molar-refractivity contribution in [2.45, 2.75) is 0 Å². The third-order valence-electron chi connectivity index (χ3n) is 2.61. The summed E-state index contributed by atoms with van der Waals surface area (Å²) in [5, 5.41) is 9.26. The number of thiazole rings is 1. The van der Waals surface area contributed by atoms with Crippen molar-refractivity contribution in [1.29, 1.82) is 0 Å². The molecule has 2 rings (SSSR count). The minimum atomic E-state index is -1.04. The molecule has 0 unspecified atom stereocenters. The van der Waals surface area contributed by atoms with Gasteiger partial charge in [0.1, 0.15) is 9.88 Å². The van der Waals surface area contributed by atoms with E-state index in [1.807, 2.05) is 0 Å². The van der Waals surface area contributed by atoms with Crippen LogP contribution in [0, 0.1) is 0 Å². The van der Waals surface area contributed by atoms with Gasteiger partial charge in [-0.1, -0.05) is 0 Å². The van der Waals surface area contributed by atoms with Crippen LogP contribution in [0.3, 0.4) is 0 Å². The van der Waals surface area contributed by atoms with E-state index in [0.717, 1.165) is 15.9 Å². The van der Waals surface area contributed by atoms with Crippen molar-refractivity contribution in [3.63, 3.8) is 0 Å². The number of aromatic nitrogens is 3. The smallest absolute Gasteiger partial charge is 0.347 e. The maximum atomic E-state index is 11.9. The lowest BCUT2D eigenvalue weighted by molar-refractivity contribution is 0.0702. The summed E-state index contributed by atoms with van der Waals surface area (Å²) in [6, 6.07) is 0. The Bertz CT molecular complexity index is 813. The molecule has 0 radical (unpaired) electrons. The highest BCUT2D eigenvalue weighted by Crippen LogP contribution is 2.15. The van der Waals surface area contributed by atoms with Crippen molar-refractivity contribution in [3.8, 4) is 0 Å². The number of aryl methyl sites for hydroxylation is 1. The van der Waals surface area contributed by atoms with Gasteiger partial charge in [0.2, 0.25) is 0 Å². The summed E-state index contributed by atoms with van der Waals surface area (Å²) in [6.45, 7) is 0. The Balaban J connectivity index is 2.39. The highest BCUT2D eigenvalue weighted by molar-refractivity contribution is 7.14. The van der Waals surface area contributed by atoms with Crippen molar-refractivity contribution < 1.29 is 9.90 Å². The number of carboxylic acids is 1. The Morgan fingerprint density at radius 3 is 2.65 bits per heavy atom.